The molecule has 0 aliphatic heterocycles. The average molecular weight is 795 g/mol. The monoisotopic (exact) mass is 794 g/mol. The molecule has 314 valence electrons. The summed E-state index contributed by atoms with van der Waals surface area (Å²) in [6.07, 6.45) is 2.92. The summed E-state index contributed by atoms with van der Waals surface area (Å²) in [5.41, 5.74) is 0. The molecule has 54 heavy (non-hydrogen) atoms. The maximum atomic E-state index is 13.5. The van der Waals surface area contributed by atoms with Crippen molar-refractivity contribution in [3.8, 4) is 5.75 Å². The molecule has 0 aliphatic rings. The summed E-state index contributed by atoms with van der Waals surface area (Å²) in [5.74, 6) is -14.3. The zero-order valence-corrected chi connectivity index (χ0v) is 31.0. The van der Waals surface area contributed by atoms with Crippen LogP contribution in [0, 0.1) is 29.1 Å². The fourth-order valence-corrected chi connectivity index (χ4v) is 3.88. The second kappa shape index (κ2) is 34.9. The van der Waals surface area contributed by atoms with Crippen molar-refractivity contribution in [3.05, 3.63) is 29.1 Å². The normalized spacial score (nSPS) is 11.4. The van der Waals surface area contributed by atoms with Crippen molar-refractivity contribution in [1.29, 1.82) is 0 Å². The number of rotatable bonds is 38. The van der Waals surface area contributed by atoms with Crippen LogP contribution in [0.5, 0.6) is 5.75 Å². The molecule has 0 heterocycles. The van der Waals surface area contributed by atoms with Gasteiger partial charge in [-0.1, -0.05) is 19.8 Å². The van der Waals surface area contributed by atoms with Crippen molar-refractivity contribution in [2.75, 3.05) is 139 Å². The number of carbonyl (C=O) groups is 2. The summed E-state index contributed by atoms with van der Waals surface area (Å²) in [6.45, 7) is 9.16. The summed E-state index contributed by atoms with van der Waals surface area (Å²) in [6, 6.07) is 0. The summed E-state index contributed by atoms with van der Waals surface area (Å²) in [4.78, 5) is 23.1. The van der Waals surface area contributed by atoms with Crippen LogP contribution >= 0.6 is 0 Å². The van der Waals surface area contributed by atoms with Crippen LogP contribution in [0.2, 0.25) is 0 Å². The van der Waals surface area contributed by atoms with E-state index >= 15 is 0 Å². The minimum atomic E-state index is -2.35. The highest BCUT2D eigenvalue weighted by Crippen LogP contribution is 2.29. The molecule has 14 nitrogen and oxygen atoms in total. The molecule has 1 rings (SSSR count). The van der Waals surface area contributed by atoms with Gasteiger partial charge >= 0.3 is 11.9 Å². The Morgan fingerprint density at radius 2 is 0.667 bits per heavy atom. The topological polar surface area (TPSA) is 145 Å². The van der Waals surface area contributed by atoms with E-state index in [2.05, 4.69) is 11.7 Å². The predicted molar refractivity (Wildman–Crippen MR) is 180 cm³/mol. The molecule has 0 spiro atoms. The molecule has 0 atom stereocenters. The van der Waals surface area contributed by atoms with Crippen LogP contribution in [0.3, 0.4) is 0 Å². The van der Waals surface area contributed by atoms with Gasteiger partial charge in [-0.2, -0.15) is 8.78 Å². The molecule has 0 radical (unpaired) electrons. The van der Waals surface area contributed by atoms with Crippen LogP contribution < -0.4 is 4.74 Å². The van der Waals surface area contributed by atoms with Gasteiger partial charge in [-0.15, -0.1) is 0 Å². The van der Waals surface area contributed by atoms with Gasteiger partial charge in [0, 0.05) is 6.42 Å². The van der Waals surface area contributed by atoms with Crippen molar-refractivity contribution in [2.45, 2.75) is 39.0 Å². The molecule has 0 amide bonds. The Labute approximate surface area is 313 Å². The van der Waals surface area contributed by atoms with E-state index in [1.807, 2.05) is 0 Å². The molecule has 0 aliphatic carbocycles. The van der Waals surface area contributed by atoms with E-state index in [9.17, 15) is 31.5 Å². The fraction of sp³-hybridized carbons (Fsp3) is 0.771. The molecule has 1 aromatic carbocycles. The van der Waals surface area contributed by atoms with Crippen LogP contribution in [0.1, 0.15) is 39.0 Å². The maximum absolute atomic E-state index is 13.5. The van der Waals surface area contributed by atoms with E-state index in [1.54, 1.807) is 0 Å². The van der Waals surface area contributed by atoms with Crippen molar-refractivity contribution >= 4 is 11.9 Å². The highest BCUT2D eigenvalue weighted by atomic mass is 19.2. The SMILES string of the molecule is CCCCCC(=O)OCCOCCOCCOCCOCCOCCOCCOCCOCCOCCOCCC(=O)Oc1c(F)c(F)c(F)c(F)c1F. The first-order valence-electron chi connectivity index (χ1n) is 17.9. The molecule has 0 saturated heterocycles. The van der Waals surface area contributed by atoms with Gasteiger partial charge in [-0.3, -0.25) is 9.59 Å². The van der Waals surface area contributed by atoms with Crippen LogP contribution in [-0.2, 0) is 61.7 Å². The van der Waals surface area contributed by atoms with Crippen LogP contribution in [-0.4, -0.2) is 151 Å². The van der Waals surface area contributed by atoms with Gasteiger partial charge < -0.3 is 56.8 Å². The number of halogens is 5. The molecule has 0 bridgehead atoms. The van der Waals surface area contributed by atoms with Crippen LogP contribution in [0.15, 0.2) is 0 Å². The lowest BCUT2D eigenvalue weighted by molar-refractivity contribution is -0.145. The first-order chi connectivity index (χ1) is 26.3. The number of hydrogen-bond acceptors (Lipinski definition) is 14. The molecule has 0 unspecified atom stereocenters. The highest BCUT2D eigenvalue weighted by Gasteiger charge is 2.28. The van der Waals surface area contributed by atoms with E-state index in [0.29, 0.717) is 112 Å². The fourth-order valence-electron chi connectivity index (χ4n) is 3.88. The zero-order valence-electron chi connectivity index (χ0n) is 31.0. The number of hydrogen-bond donors (Lipinski definition) is 0. The summed E-state index contributed by atoms with van der Waals surface area (Å²) in [7, 11) is 0. The minimum Gasteiger partial charge on any atom is -0.463 e. The third-order valence-corrected chi connectivity index (χ3v) is 6.66. The van der Waals surface area contributed by atoms with Gasteiger partial charge in [0.25, 0.3) is 0 Å². The van der Waals surface area contributed by atoms with Crippen molar-refractivity contribution in [1.82, 2.24) is 0 Å². The van der Waals surface area contributed by atoms with Crippen LogP contribution in [0.4, 0.5) is 22.0 Å². The first-order valence-corrected chi connectivity index (χ1v) is 17.9. The van der Waals surface area contributed by atoms with Gasteiger partial charge in [0.05, 0.1) is 139 Å². The van der Waals surface area contributed by atoms with Gasteiger partial charge in [-0.05, 0) is 6.42 Å². The largest absolute Gasteiger partial charge is 0.463 e. The maximum Gasteiger partial charge on any atom is 0.313 e. The Bertz CT molecular complexity index is 1080. The first kappa shape index (κ1) is 49.4. The zero-order chi connectivity index (χ0) is 39.5. The Morgan fingerprint density at radius 3 is 1.00 bits per heavy atom. The molecule has 0 N–H and O–H groups in total. The Kier molecular flexibility index (Phi) is 31.9. The van der Waals surface area contributed by atoms with Gasteiger partial charge in [0.2, 0.25) is 34.8 Å². The smallest absolute Gasteiger partial charge is 0.313 e. The van der Waals surface area contributed by atoms with Crippen molar-refractivity contribution < 1.29 is 88.4 Å². The average Bonchev–Trinajstić information content (AvgIpc) is 3.16. The lowest BCUT2D eigenvalue weighted by atomic mass is 10.2. The molecule has 0 aromatic heterocycles. The molecular formula is C35H55F5O14. The van der Waals surface area contributed by atoms with Gasteiger partial charge in [0.15, 0.2) is 0 Å². The molecule has 1 aromatic rings. The van der Waals surface area contributed by atoms with E-state index in [1.165, 1.54) is 0 Å². The second-order valence-corrected chi connectivity index (χ2v) is 10.9. The molecule has 19 heteroatoms. The molecule has 0 saturated carbocycles. The minimum absolute atomic E-state index is 0.0761. The third kappa shape index (κ3) is 26.3. The van der Waals surface area contributed by atoms with Crippen molar-refractivity contribution in [2.24, 2.45) is 0 Å². The Balaban J connectivity index is 1.73. The standard InChI is InChI=1S/C35H55F5O14/c1-2-3-4-5-28(41)53-27-26-52-25-24-51-23-22-50-21-20-49-19-18-48-17-16-47-15-14-46-13-12-45-11-10-44-9-8-43-7-6-29(42)54-35-33(39)31(37)30(36)32(38)34(35)40/h2-27H2,1H3. The van der Waals surface area contributed by atoms with Gasteiger partial charge in [0.1, 0.15) is 6.61 Å². The second-order valence-electron chi connectivity index (χ2n) is 10.9. The number of carbonyl (C=O) groups excluding carboxylic acids is 2. The lowest BCUT2D eigenvalue weighted by Crippen LogP contribution is -2.16. The van der Waals surface area contributed by atoms with Crippen LogP contribution in [0.25, 0.3) is 0 Å². The predicted octanol–water partition coefficient (Wildman–Crippen LogP) is 3.97. The third-order valence-electron chi connectivity index (χ3n) is 6.66. The van der Waals surface area contributed by atoms with E-state index < -0.39 is 47.2 Å². The highest BCUT2D eigenvalue weighted by molar-refractivity contribution is 5.72. The number of ether oxygens (including phenoxy) is 12. The van der Waals surface area contributed by atoms with E-state index in [-0.39, 0.29) is 39.0 Å². The van der Waals surface area contributed by atoms with E-state index in [0.717, 1.165) is 19.3 Å². The van der Waals surface area contributed by atoms with E-state index in [4.69, 9.17) is 52.1 Å². The molecular weight excluding hydrogens is 739 g/mol. The number of benzene rings is 1. The Morgan fingerprint density at radius 1 is 0.370 bits per heavy atom. The lowest BCUT2D eigenvalue weighted by Gasteiger charge is -2.09. The summed E-state index contributed by atoms with van der Waals surface area (Å²) in [5, 5.41) is 0. The quantitative estimate of drug-likeness (QED) is 0.0238. The Hall–Kier alpha value is -2.59. The number of unbranched alkanes of at least 4 members (excludes halogenated alkanes) is 2. The summed E-state index contributed by atoms with van der Waals surface area (Å²) < 4.78 is 129. The molecule has 0 fully saturated rings. The van der Waals surface area contributed by atoms with Gasteiger partial charge in [-0.25, -0.2) is 13.2 Å². The number of esters is 2. The summed E-state index contributed by atoms with van der Waals surface area (Å²) >= 11 is 0. The van der Waals surface area contributed by atoms with Crippen molar-refractivity contribution in [3.63, 3.8) is 0 Å².